The summed E-state index contributed by atoms with van der Waals surface area (Å²) in [5.74, 6) is 0. The van der Waals surface area contributed by atoms with Crippen LogP contribution in [0.15, 0.2) is 84.9 Å². The first-order valence-electron chi connectivity index (χ1n) is 8.17. The summed E-state index contributed by atoms with van der Waals surface area (Å²) >= 11 is 0. The second-order valence-electron chi connectivity index (χ2n) is 5.97. The molecule has 23 heavy (non-hydrogen) atoms. The van der Waals surface area contributed by atoms with E-state index in [1.54, 1.807) is 0 Å². The van der Waals surface area contributed by atoms with Gasteiger partial charge in [-0.25, -0.2) is 0 Å². The van der Waals surface area contributed by atoms with Crippen LogP contribution in [-0.4, -0.2) is 0 Å². The lowest BCUT2D eigenvalue weighted by molar-refractivity contribution is 1.04. The van der Waals surface area contributed by atoms with Crippen molar-refractivity contribution in [1.82, 2.24) is 0 Å². The maximum absolute atomic E-state index is 2.39. The van der Waals surface area contributed by atoms with Crippen LogP contribution in [0.3, 0.4) is 0 Å². The Kier molecular flexibility index (Phi) is 3.81. The third kappa shape index (κ3) is 2.85. The van der Waals surface area contributed by atoms with Crippen LogP contribution in [0.25, 0.3) is 21.5 Å². The van der Waals surface area contributed by atoms with Crippen LogP contribution in [0, 0.1) is 6.42 Å². The standard InChI is InChI=1S/C23H19/c1-3-16-22-18(8-1)10-5-12-20(22)14-7-15-21-13-6-11-19-9-2-4-17-23(19)21/h1-13,16-17H,14-15H2. The monoisotopic (exact) mass is 295 g/mol. The van der Waals surface area contributed by atoms with Crippen molar-refractivity contribution >= 4 is 21.5 Å². The van der Waals surface area contributed by atoms with E-state index >= 15 is 0 Å². The Balaban J connectivity index is 1.55. The highest BCUT2D eigenvalue weighted by molar-refractivity contribution is 5.86. The second kappa shape index (κ2) is 6.26. The minimum absolute atomic E-state index is 1.00. The van der Waals surface area contributed by atoms with Gasteiger partial charge in [0.25, 0.3) is 0 Å². The average molecular weight is 295 g/mol. The Morgan fingerprint density at radius 1 is 0.478 bits per heavy atom. The van der Waals surface area contributed by atoms with Crippen molar-refractivity contribution in [2.24, 2.45) is 0 Å². The van der Waals surface area contributed by atoms with Crippen LogP contribution in [0.5, 0.6) is 0 Å². The molecule has 0 saturated heterocycles. The van der Waals surface area contributed by atoms with Gasteiger partial charge in [0.05, 0.1) is 0 Å². The zero-order valence-corrected chi connectivity index (χ0v) is 13.1. The molecule has 0 heteroatoms. The predicted molar refractivity (Wildman–Crippen MR) is 99.6 cm³/mol. The minimum atomic E-state index is 1.00. The molecular weight excluding hydrogens is 276 g/mol. The summed E-state index contributed by atoms with van der Waals surface area (Å²) in [6.45, 7) is 0. The largest absolute Gasteiger partial charge is 0.0616 e. The number of fused-ring (bicyclic) bond motifs is 2. The molecule has 0 saturated carbocycles. The van der Waals surface area contributed by atoms with Gasteiger partial charge < -0.3 is 0 Å². The van der Waals surface area contributed by atoms with Crippen LogP contribution in [-0.2, 0) is 12.8 Å². The van der Waals surface area contributed by atoms with Crippen LogP contribution in [0.4, 0.5) is 0 Å². The van der Waals surface area contributed by atoms with Gasteiger partial charge in [0.15, 0.2) is 0 Å². The molecule has 4 rings (SSSR count). The highest BCUT2D eigenvalue weighted by Gasteiger charge is 2.03. The van der Waals surface area contributed by atoms with E-state index in [0.717, 1.165) is 12.8 Å². The molecule has 0 bridgehead atoms. The van der Waals surface area contributed by atoms with E-state index in [1.165, 1.54) is 32.7 Å². The maximum atomic E-state index is 2.39. The van der Waals surface area contributed by atoms with Gasteiger partial charge in [-0.05, 0) is 51.9 Å². The van der Waals surface area contributed by atoms with E-state index in [0.29, 0.717) is 0 Å². The number of benzene rings is 4. The third-order valence-corrected chi connectivity index (χ3v) is 4.49. The van der Waals surface area contributed by atoms with E-state index in [2.05, 4.69) is 91.3 Å². The SMILES string of the molecule is [CH](Cc1cccc2ccccc12)Cc1cccc2ccccc12. The molecule has 1 radical (unpaired) electrons. The van der Waals surface area contributed by atoms with Crippen LogP contribution in [0.1, 0.15) is 11.1 Å². The summed E-state index contributed by atoms with van der Waals surface area (Å²) in [7, 11) is 0. The first-order valence-corrected chi connectivity index (χ1v) is 8.17. The molecule has 0 heterocycles. The van der Waals surface area contributed by atoms with Gasteiger partial charge >= 0.3 is 0 Å². The fraction of sp³-hybridized carbons (Fsp3) is 0.0870. The van der Waals surface area contributed by atoms with Crippen LogP contribution < -0.4 is 0 Å². The quantitative estimate of drug-likeness (QED) is 0.434. The molecule has 0 unspecified atom stereocenters. The molecule has 111 valence electrons. The maximum Gasteiger partial charge on any atom is -0.0152 e. The van der Waals surface area contributed by atoms with E-state index in [1.807, 2.05) is 0 Å². The van der Waals surface area contributed by atoms with Gasteiger partial charge in [-0.1, -0.05) is 84.9 Å². The molecule has 0 amide bonds. The van der Waals surface area contributed by atoms with Gasteiger partial charge in [0, 0.05) is 0 Å². The molecule has 0 N–H and O–H groups in total. The van der Waals surface area contributed by atoms with Crippen LogP contribution >= 0.6 is 0 Å². The zero-order chi connectivity index (χ0) is 15.5. The van der Waals surface area contributed by atoms with E-state index in [4.69, 9.17) is 0 Å². The predicted octanol–water partition coefficient (Wildman–Crippen LogP) is 5.98. The summed E-state index contributed by atoms with van der Waals surface area (Å²) in [6.07, 6.45) is 4.40. The van der Waals surface area contributed by atoms with Gasteiger partial charge in [0.1, 0.15) is 0 Å². The molecule has 0 nitrogen and oxygen atoms in total. The van der Waals surface area contributed by atoms with Crippen molar-refractivity contribution in [3.8, 4) is 0 Å². The van der Waals surface area contributed by atoms with Crippen LogP contribution in [0.2, 0.25) is 0 Å². The molecule has 0 spiro atoms. The fourth-order valence-corrected chi connectivity index (χ4v) is 3.32. The van der Waals surface area contributed by atoms with Gasteiger partial charge in [-0.15, -0.1) is 0 Å². The number of hydrogen-bond donors (Lipinski definition) is 0. The molecule has 0 aliphatic carbocycles. The molecule has 0 aliphatic heterocycles. The van der Waals surface area contributed by atoms with E-state index < -0.39 is 0 Å². The topological polar surface area (TPSA) is 0 Å². The van der Waals surface area contributed by atoms with Crippen molar-refractivity contribution in [2.45, 2.75) is 12.8 Å². The zero-order valence-electron chi connectivity index (χ0n) is 13.1. The summed E-state index contributed by atoms with van der Waals surface area (Å²) in [5.41, 5.74) is 2.81. The molecule has 0 aromatic heterocycles. The normalized spacial score (nSPS) is 11.1. The van der Waals surface area contributed by atoms with Gasteiger partial charge in [-0.2, -0.15) is 0 Å². The molecule has 4 aromatic rings. The Hall–Kier alpha value is -2.60. The summed E-state index contributed by atoms with van der Waals surface area (Å²) in [6, 6.07) is 30.4. The minimum Gasteiger partial charge on any atom is -0.0616 e. The lowest BCUT2D eigenvalue weighted by atomic mass is 9.96. The highest BCUT2D eigenvalue weighted by atomic mass is 14.1. The third-order valence-electron chi connectivity index (χ3n) is 4.49. The van der Waals surface area contributed by atoms with E-state index in [-0.39, 0.29) is 0 Å². The summed E-state index contributed by atoms with van der Waals surface area (Å²) in [4.78, 5) is 0. The van der Waals surface area contributed by atoms with Gasteiger partial charge in [0.2, 0.25) is 0 Å². The first-order chi connectivity index (χ1) is 11.4. The van der Waals surface area contributed by atoms with Crippen molar-refractivity contribution in [3.05, 3.63) is 102 Å². The molecule has 0 fully saturated rings. The highest BCUT2D eigenvalue weighted by Crippen LogP contribution is 2.22. The lowest BCUT2D eigenvalue weighted by Crippen LogP contribution is -1.93. The van der Waals surface area contributed by atoms with Gasteiger partial charge in [-0.3, -0.25) is 0 Å². The smallest absolute Gasteiger partial charge is 0.0152 e. The Labute approximate surface area is 137 Å². The summed E-state index contributed by atoms with van der Waals surface area (Å²) < 4.78 is 0. The molecule has 0 aliphatic rings. The summed E-state index contributed by atoms with van der Waals surface area (Å²) in [5, 5.41) is 5.38. The second-order valence-corrected chi connectivity index (χ2v) is 5.97. The number of rotatable bonds is 4. The van der Waals surface area contributed by atoms with Crippen molar-refractivity contribution in [2.75, 3.05) is 0 Å². The Morgan fingerprint density at radius 2 is 0.913 bits per heavy atom. The first kappa shape index (κ1) is 14.0. The average Bonchev–Trinajstić information content (AvgIpc) is 2.62. The van der Waals surface area contributed by atoms with E-state index in [9.17, 15) is 0 Å². The molecule has 0 atom stereocenters. The fourth-order valence-electron chi connectivity index (χ4n) is 3.32. The lowest BCUT2D eigenvalue weighted by Gasteiger charge is -2.08. The van der Waals surface area contributed by atoms with Crippen molar-refractivity contribution in [1.29, 1.82) is 0 Å². The van der Waals surface area contributed by atoms with Crippen molar-refractivity contribution in [3.63, 3.8) is 0 Å². The molecule has 4 aromatic carbocycles. The molecular formula is C23H19. The van der Waals surface area contributed by atoms with Crippen molar-refractivity contribution < 1.29 is 0 Å². The number of hydrogen-bond acceptors (Lipinski definition) is 0. The Bertz CT molecular complexity index is 860. The Morgan fingerprint density at radius 3 is 1.43 bits per heavy atom.